The first-order chi connectivity index (χ1) is 6.85. The maximum absolute atomic E-state index is 5.46. The predicted molar refractivity (Wildman–Crippen MR) is 55.3 cm³/mol. The van der Waals surface area contributed by atoms with Crippen LogP contribution in [0.1, 0.15) is 19.3 Å². The molecule has 0 amide bonds. The van der Waals surface area contributed by atoms with Crippen LogP contribution in [0.2, 0.25) is 0 Å². The van der Waals surface area contributed by atoms with Crippen LogP contribution >= 0.6 is 0 Å². The molecule has 3 nitrogen and oxygen atoms in total. The average Bonchev–Trinajstić information content (AvgIpc) is 2.27. The van der Waals surface area contributed by atoms with Crippen LogP contribution in [0.25, 0.3) is 0 Å². The Labute approximate surface area is 85.5 Å². The number of methoxy groups -OCH3 is 2. The number of ether oxygens (including phenoxy) is 2. The highest BCUT2D eigenvalue weighted by atomic mass is 16.5. The van der Waals surface area contributed by atoms with E-state index >= 15 is 0 Å². The third kappa shape index (κ3) is 1.85. The molecule has 1 N–H and O–H groups in total. The minimum absolute atomic E-state index is 0.249. The average molecular weight is 197 g/mol. The van der Waals surface area contributed by atoms with E-state index in [1.807, 2.05) is 0 Å². The van der Waals surface area contributed by atoms with Crippen molar-refractivity contribution >= 4 is 0 Å². The quantitative estimate of drug-likeness (QED) is 0.672. The van der Waals surface area contributed by atoms with Crippen LogP contribution in [0.3, 0.4) is 0 Å². The van der Waals surface area contributed by atoms with E-state index in [2.05, 4.69) is 5.32 Å². The van der Waals surface area contributed by atoms with Crippen molar-refractivity contribution in [3.63, 3.8) is 0 Å². The second-order valence-electron chi connectivity index (χ2n) is 4.09. The molecule has 0 bridgehead atoms. The van der Waals surface area contributed by atoms with Crippen molar-refractivity contribution in [2.45, 2.75) is 31.5 Å². The summed E-state index contributed by atoms with van der Waals surface area (Å²) in [4.78, 5) is 0. The van der Waals surface area contributed by atoms with Gasteiger partial charge in [-0.15, -0.1) is 0 Å². The summed E-state index contributed by atoms with van der Waals surface area (Å²) in [5.74, 6) is 0. The van der Waals surface area contributed by atoms with Gasteiger partial charge < -0.3 is 14.8 Å². The zero-order valence-corrected chi connectivity index (χ0v) is 9.01. The van der Waals surface area contributed by atoms with Crippen molar-refractivity contribution in [1.82, 2.24) is 5.32 Å². The Morgan fingerprint density at radius 1 is 1.07 bits per heavy atom. The lowest BCUT2D eigenvalue weighted by Crippen LogP contribution is -2.39. The van der Waals surface area contributed by atoms with E-state index in [1.165, 1.54) is 6.42 Å². The summed E-state index contributed by atoms with van der Waals surface area (Å²) in [5.41, 5.74) is 3.15. The van der Waals surface area contributed by atoms with Gasteiger partial charge in [0.15, 0.2) is 0 Å². The lowest BCUT2D eigenvalue weighted by atomic mass is 9.84. The molecule has 0 saturated carbocycles. The Morgan fingerprint density at radius 2 is 1.71 bits per heavy atom. The number of hydrogen-bond donors (Lipinski definition) is 1. The monoisotopic (exact) mass is 197 g/mol. The van der Waals surface area contributed by atoms with Gasteiger partial charge in [-0.1, -0.05) is 11.1 Å². The lowest BCUT2D eigenvalue weighted by molar-refractivity contribution is -0.0408. The Bertz CT molecular complexity index is 213. The number of rotatable bonds is 2. The first kappa shape index (κ1) is 10.1. The van der Waals surface area contributed by atoms with Gasteiger partial charge in [0, 0.05) is 20.8 Å². The van der Waals surface area contributed by atoms with E-state index in [1.54, 1.807) is 25.4 Å². The summed E-state index contributed by atoms with van der Waals surface area (Å²) in [6.45, 7) is 2.17. The van der Waals surface area contributed by atoms with Gasteiger partial charge in [0.1, 0.15) is 0 Å². The molecule has 2 atom stereocenters. The summed E-state index contributed by atoms with van der Waals surface area (Å²) < 4.78 is 10.9. The molecule has 0 aromatic heterocycles. The molecule has 14 heavy (non-hydrogen) atoms. The van der Waals surface area contributed by atoms with Crippen molar-refractivity contribution in [3.05, 3.63) is 11.1 Å². The molecule has 0 spiro atoms. The summed E-state index contributed by atoms with van der Waals surface area (Å²) in [6, 6.07) is 0. The lowest BCUT2D eigenvalue weighted by Gasteiger charge is -2.35. The Balaban J connectivity index is 2.11. The standard InChI is InChI=1S/C11H19NO2/c1-13-10-5-8-3-4-12-7-9(8)6-11(10)14-2/h10-12H,3-7H2,1-2H3. The second-order valence-corrected chi connectivity index (χ2v) is 4.09. The topological polar surface area (TPSA) is 30.5 Å². The Hall–Kier alpha value is -0.380. The van der Waals surface area contributed by atoms with Gasteiger partial charge in [0.25, 0.3) is 0 Å². The van der Waals surface area contributed by atoms with Crippen LogP contribution in [0, 0.1) is 0 Å². The van der Waals surface area contributed by atoms with Crippen molar-refractivity contribution in [2.24, 2.45) is 0 Å². The summed E-state index contributed by atoms with van der Waals surface area (Å²) >= 11 is 0. The van der Waals surface area contributed by atoms with Gasteiger partial charge in [0.2, 0.25) is 0 Å². The molecule has 80 valence electrons. The summed E-state index contributed by atoms with van der Waals surface area (Å²) in [7, 11) is 3.56. The highest BCUT2D eigenvalue weighted by molar-refractivity contribution is 5.24. The number of hydrogen-bond acceptors (Lipinski definition) is 3. The van der Waals surface area contributed by atoms with Crippen LogP contribution in [-0.2, 0) is 9.47 Å². The smallest absolute Gasteiger partial charge is 0.0873 e. The van der Waals surface area contributed by atoms with Crippen LogP contribution in [0.4, 0.5) is 0 Å². The maximum atomic E-state index is 5.46. The van der Waals surface area contributed by atoms with E-state index in [4.69, 9.17) is 9.47 Å². The molecular formula is C11H19NO2. The van der Waals surface area contributed by atoms with Crippen LogP contribution in [0.5, 0.6) is 0 Å². The molecule has 0 radical (unpaired) electrons. The first-order valence-electron chi connectivity index (χ1n) is 5.31. The fourth-order valence-corrected chi connectivity index (χ4v) is 2.46. The minimum atomic E-state index is 0.249. The molecule has 1 aliphatic carbocycles. The van der Waals surface area contributed by atoms with Crippen LogP contribution < -0.4 is 5.32 Å². The van der Waals surface area contributed by atoms with Gasteiger partial charge in [-0.05, 0) is 25.8 Å². The first-order valence-corrected chi connectivity index (χ1v) is 5.31. The molecule has 0 fully saturated rings. The highest BCUT2D eigenvalue weighted by Crippen LogP contribution is 2.31. The molecule has 0 aromatic rings. The third-order valence-electron chi connectivity index (χ3n) is 3.36. The van der Waals surface area contributed by atoms with Gasteiger partial charge in [0.05, 0.1) is 12.2 Å². The normalized spacial score (nSPS) is 33.0. The summed E-state index contributed by atoms with van der Waals surface area (Å²) in [5, 5.41) is 3.41. The van der Waals surface area contributed by atoms with Crippen LogP contribution in [-0.4, -0.2) is 39.5 Å². The molecule has 1 aliphatic heterocycles. The van der Waals surface area contributed by atoms with E-state index < -0.39 is 0 Å². The van der Waals surface area contributed by atoms with Gasteiger partial charge in [-0.2, -0.15) is 0 Å². The van der Waals surface area contributed by atoms with E-state index in [0.29, 0.717) is 0 Å². The molecule has 2 unspecified atom stereocenters. The third-order valence-corrected chi connectivity index (χ3v) is 3.36. The SMILES string of the molecule is COC1CC2=C(CNCC2)CC1OC. The number of nitrogens with one attached hydrogen (secondary N) is 1. The zero-order chi connectivity index (χ0) is 9.97. The second kappa shape index (κ2) is 4.43. The van der Waals surface area contributed by atoms with E-state index in [-0.39, 0.29) is 12.2 Å². The van der Waals surface area contributed by atoms with Crippen molar-refractivity contribution in [1.29, 1.82) is 0 Å². The Morgan fingerprint density at radius 3 is 2.36 bits per heavy atom. The minimum Gasteiger partial charge on any atom is -0.378 e. The predicted octanol–water partition coefficient (Wildman–Crippen LogP) is 1.10. The Kier molecular flexibility index (Phi) is 3.21. The molecule has 0 saturated heterocycles. The molecular weight excluding hydrogens is 178 g/mol. The fourth-order valence-electron chi connectivity index (χ4n) is 2.46. The van der Waals surface area contributed by atoms with E-state index in [0.717, 1.165) is 25.9 Å². The molecule has 3 heteroatoms. The van der Waals surface area contributed by atoms with Gasteiger partial charge in [-0.25, -0.2) is 0 Å². The molecule has 1 heterocycles. The largest absolute Gasteiger partial charge is 0.378 e. The van der Waals surface area contributed by atoms with Gasteiger partial charge in [-0.3, -0.25) is 0 Å². The highest BCUT2D eigenvalue weighted by Gasteiger charge is 2.30. The molecule has 0 aromatic carbocycles. The maximum Gasteiger partial charge on any atom is 0.0873 e. The van der Waals surface area contributed by atoms with Crippen molar-refractivity contribution in [3.8, 4) is 0 Å². The molecule has 2 aliphatic rings. The molecule has 2 rings (SSSR count). The summed E-state index contributed by atoms with van der Waals surface area (Å²) in [6.07, 6.45) is 3.80. The fraction of sp³-hybridized carbons (Fsp3) is 0.818. The zero-order valence-electron chi connectivity index (χ0n) is 9.01. The van der Waals surface area contributed by atoms with Gasteiger partial charge >= 0.3 is 0 Å². The van der Waals surface area contributed by atoms with Crippen molar-refractivity contribution in [2.75, 3.05) is 27.3 Å². The van der Waals surface area contributed by atoms with E-state index in [9.17, 15) is 0 Å². The van der Waals surface area contributed by atoms with Crippen molar-refractivity contribution < 1.29 is 9.47 Å². The van der Waals surface area contributed by atoms with Crippen LogP contribution in [0.15, 0.2) is 11.1 Å².